The first-order valence-corrected chi connectivity index (χ1v) is 8.89. The van der Waals surface area contributed by atoms with E-state index in [1.807, 2.05) is 11.3 Å². The van der Waals surface area contributed by atoms with Gasteiger partial charge in [-0.15, -0.1) is 11.3 Å². The third-order valence-electron chi connectivity index (χ3n) is 3.72. The van der Waals surface area contributed by atoms with Gasteiger partial charge in [0.25, 0.3) is 0 Å². The number of likely N-dealkylation sites (N-methyl/N-ethyl adjacent to an activating group) is 1. The van der Waals surface area contributed by atoms with E-state index in [4.69, 9.17) is 0 Å². The molecule has 0 aliphatic carbocycles. The summed E-state index contributed by atoms with van der Waals surface area (Å²) in [5.74, 6) is 0. The Morgan fingerprint density at radius 1 is 1.10 bits per heavy atom. The molecule has 1 heterocycles. The molecule has 2 aromatic carbocycles. The Morgan fingerprint density at radius 3 is 2.76 bits per heavy atom. The Balaban J connectivity index is 1.98. The van der Waals surface area contributed by atoms with Gasteiger partial charge in [0, 0.05) is 15.2 Å². The molecule has 1 unspecified atom stereocenters. The summed E-state index contributed by atoms with van der Waals surface area (Å²) < 4.78 is 2.58. The Kier molecular flexibility index (Phi) is 4.73. The van der Waals surface area contributed by atoms with E-state index in [-0.39, 0.29) is 0 Å². The first kappa shape index (κ1) is 14.8. The molecule has 0 bridgehead atoms. The zero-order valence-corrected chi connectivity index (χ0v) is 14.4. The van der Waals surface area contributed by atoms with E-state index in [1.54, 1.807) is 0 Å². The van der Waals surface area contributed by atoms with Crippen molar-refractivity contribution in [3.05, 3.63) is 69.5 Å². The quantitative estimate of drug-likeness (QED) is 0.628. The second-order valence-electron chi connectivity index (χ2n) is 5.09. The molecule has 0 aliphatic heterocycles. The van der Waals surface area contributed by atoms with Crippen LogP contribution in [-0.2, 0) is 6.42 Å². The first-order valence-electron chi connectivity index (χ1n) is 7.22. The molecule has 1 nitrogen and oxygen atoms in total. The number of fused-ring (bicyclic) bond motifs is 1. The van der Waals surface area contributed by atoms with Crippen LogP contribution >= 0.6 is 27.3 Å². The summed E-state index contributed by atoms with van der Waals surface area (Å²) in [7, 11) is 0. The average Bonchev–Trinajstić information content (AvgIpc) is 2.97. The van der Waals surface area contributed by atoms with Crippen molar-refractivity contribution in [3.8, 4) is 0 Å². The van der Waals surface area contributed by atoms with Crippen LogP contribution < -0.4 is 5.32 Å². The minimum Gasteiger partial charge on any atom is -0.310 e. The van der Waals surface area contributed by atoms with Crippen molar-refractivity contribution >= 4 is 37.4 Å². The summed E-state index contributed by atoms with van der Waals surface area (Å²) in [6.07, 6.45) is 0.992. The van der Waals surface area contributed by atoms with E-state index in [9.17, 15) is 0 Å². The maximum Gasteiger partial charge on any atom is 0.0390 e. The lowest BCUT2D eigenvalue weighted by atomic mass is 9.98. The highest BCUT2D eigenvalue weighted by atomic mass is 79.9. The number of benzene rings is 2. The van der Waals surface area contributed by atoms with Crippen molar-refractivity contribution in [2.75, 3.05) is 6.54 Å². The summed E-state index contributed by atoms with van der Waals surface area (Å²) in [5.41, 5.74) is 2.75. The highest BCUT2D eigenvalue weighted by Gasteiger charge is 2.15. The molecule has 1 N–H and O–H groups in total. The Morgan fingerprint density at radius 2 is 1.95 bits per heavy atom. The number of nitrogens with one attached hydrogen (secondary N) is 1. The molecule has 0 saturated heterocycles. The lowest BCUT2D eigenvalue weighted by Crippen LogP contribution is -2.23. The van der Waals surface area contributed by atoms with E-state index < -0.39 is 0 Å². The standard InChI is InChI=1S/C18H18BrNS/c1-2-20-17(12-14-6-3-4-9-16(14)19)15-8-5-7-13-10-11-21-18(13)15/h3-11,17,20H,2,12H2,1H3. The Bertz CT molecular complexity index is 735. The lowest BCUT2D eigenvalue weighted by Gasteiger charge is -2.20. The molecule has 3 rings (SSSR count). The van der Waals surface area contributed by atoms with Gasteiger partial charge in [0.1, 0.15) is 0 Å². The molecule has 0 spiro atoms. The molecular formula is C18H18BrNS. The van der Waals surface area contributed by atoms with Crippen LogP contribution in [0.25, 0.3) is 10.1 Å². The number of halogens is 1. The van der Waals surface area contributed by atoms with Crippen LogP contribution in [-0.4, -0.2) is 6.54 Å². The van der Waals surface area contributed by atoms with Gasteiger partial charge in [-0.1, -0.05) is 59.3 Å². The molecule has 1 atom stereocenters. The second kappa shape index (κ2) is 6.73. The molecule has 108 valence electrons. The summed E-state index contributed by atoms with van der Waals surface area (Å²) in [5, 5.41) is 7.16. The van der Waals surface area contributed by atoms with Crippen LogP contribution in [0.3, 0.4) is 0 Å². The van der Waals surface area contributed by atoms with Gasteiger partial charge in [0.15, 0.2) is 0 Å². The van der Waals surface area contributed by atoms with Gasteiger partial charge in [0.05, 0.1) is 0 Å². The smallest absolute Gasteiger partial charge is 0.0390 e. The van der Waals surface area contributed by atoms with Gasteiger partial charge in [-0.05, 0) is 47.0 Å². The number of rotatable bonds is 5. The minimum atomic E-state index is 0.344. The maximum absolute atomic E-state index is 3.67. The predicted molar refractivity (Wildman–Crippen MR) is 96.1 cm³/mol. The molecule has 0 aliphatic rings. The Labute approximate surface area is 138 Å². The van der Waals surface area contributed by atoms with Gasteiger partial charge in [-0.3, -0.25) is 0 Å². The van der Waals surface area contributed by atoms with Crippen LogP contribution in [0.4, 0.5) is 0 Å². The summed E-state index contributed by atoms with van der Waals surface area (Å²) >= 11 is 5.50. The van der Waals surface area contributed by atoms with E-state index in [0.717, 1.165) is 13.0 Å². The van der Waals surface area contributed by atoms with Gasteiger partial charge < -0.3 is 5.32 Å². The molecule has 0 fully saturated rings. The van der Waals surface area contributed by atoms with Gasteiger partial charge >= 0.3 is 0 Å². The fraction of sp³-hybridized carbons (Fsp3) is 0.222. The molecule has 0 amide bonds. The van der Waals surface area contributed by atoms with E-state index in [0.29, 0.717) is 6.04 Å². The number of thiophene rings is 1. The molecule has 21 heavy (non-hydrogen) atoms. The average molecular weight is 360 g/mol. The van der Waals surface area contributed by atoms with Crippen molar-refractivity contribution in [2.24, 2.45) is 0 Å². The van der Waals surface area contributed by atoms with Crippen LogP contribution in [0.15, 0.2) is 58.4 Å². The summed E-state index contributed by atoms with van der Waals surface area (Å²) in [6, 6.07) is 17.6. The van der Waals surface area contributed by atoms with Crippen molar-refractivity contribution in [1.29, 1.82) is 0 Å². The Hall–Kier alpha value is -1.16. The van der Waals surface area contributed by atoms with Crippen molar-refractivity contribution in [2.45, 2.75) is 19.4 Å². The zero-order valence-electron chi connectivity index (χ0n) is 12.0. The maximum atomic E-state index is 3.67. The first-order chi connectivity index (χ1) is 10.3. The SMILES string of the molecule is CCNC(Cc1ccccc1Br)c1cccc2ccsc12. The number of hydrogen-bond acceptors (Lipinski definition) is 2. The topological polar surface area (TPSA) is 12.0 Å². The van der Waals surface area contributed by atoms with Crippen molar-refractivity contribution in [3.63, 3.8) is 0 Å². The normalized spacial score (nSPS) is 12.7. The van der Waals surface area contributed by atoms with E-state index >= 15 is 0 Å². The molecule has 3 heteroatoms. The highest BCUT2D eigenvalue weighted by Crippen LogP contribution is 2.31. The second-order valence-corrected chi connectivity index (χ2v) is 6.86. The van der Waals surface area contributed by atoms with Gasteiger partial charge in [-0.25, -0.2) is 0 Å². The molecule has 0 saturated carbocycles. The van der Waals surface area contributed by atoms with Crippen molar-refractivity contribution < 1.29 is 0 Å². The fourth-order valence-corrected chi connectivity index (χ4v) is 4.13. The number of hydrogen-bond donors (Lipinski definition) is 1. The summed E-state index contributed by atoms with van der Waals surface area (Å²) in [6.45, 7) is 3.14. The fourth-order valence-electron chi connectivity index (χ4n) is 2.71. The van der Waals surface area contributed by atoms with Crippen LogP contribution in [0.1, 0.15) is 24.1 Å². The lowest BCUT2D eigenvalue weighted by molar-refractivity contribution is 0.553. The monoisotopic (exact) mass is 359 g/mol. The highest BCUT2D eigenvalue weighted by molar-refractivity contribution is 9.10. The zero-order chi connectivity index (χ0) is 14.7. The molecule has 0 radical (unpaired) electrons. The van der Waals surface area contributed by atoms with Gasteiger partial charge in [0.2, 0.25) is 0 Å². The molecular weight excluding hydrogens is 342 g/mol. The van der Waals surface area contributed by atoms with Gasteiger partial charge in [-0.2, -0.15) is 0 Å². The van der Waals surface area contributed by atoms with Crippen LogP contribution in [0, 0.1) is 0 Å². The minimum absolute atomic E-state index is 0.344. The third kappa shape index (κ3) is 3.20. The third-order valence-corrected chi connectivity index (χ3v) is 5.47. The van der Waals surface area contributed by atoms with Crippen LogP contribution in [0.2, 0.25) is 0 Å². The predicted octanol–water partition coefficient (Wildman–Crippen LogP) is 5.56. The molecule has 3 aromatic rings. The summed E-state index contributed by atoms with van der Waals surface area (Å²) in [4.78, 5) is 0. The largest absolute Gasteiger partial charge is 0.310 e. The van der Waals surface area contributed by atoms with E-state index in [2.05, 4.69) is 82.1 Å². The van der Waals surface area contributed by atoms with Crippen LogP contribution in [0.5, 0.6) is 0 Å². The van der Waals surface area contributed by atoms with E-state index in [1.165, 1.54) is 25.7 Å². The van der Waals surface area contributed by atoms with Crippen molar-refractivity contribution in [1.82, 2.24) is 5.32 Å². The molecule has 1 aromatic heterocycles.